The summed E-state index contributed by atoms with van der Waals surface area (Å²) in [5, 5.41) is 24.3. The van der Waals surface area contributed by atoms with Crippen molar-refractivity contribution in [2.45, 2.75) is 27.7 Å². The van der Waals surface area contributed by atoms with Crippen molar-refractivity contribution in [3.63, 3.8) is 0 Å². The fourth-order valence-electron chi connectivity index (χ4n) is 12.6. The normalized spacial score (nSPS) is 11.1. The van der Waals surface area contributed by atoms with Crippen molar-refractivity contribution in [3.8, 4) is 57.2 Å². The quantitative estimate of drug-likeness (QED) is 0.0982. The van der Waals surface area contributed by atoms with E-state index in [4.69, 9.17) is 30.8 Å². The van der Waals surface area contributed by atoms with Gasteiger partial charge >= 0.3 is 0 Å². The first-order valence-corrected chi connectivity index (χ1v) is 30.4. The summed E-state index contributed by atoms with van der Waals surface area (Å²) in [6.45, 7) is 22.7. The Morgan fingerprint density at radius 1 is 0.385 bits per heavy atom. The molecule has 8 aromatic heterocycles. The Morgan fingerprint density at radius 2 is 0.854 bits per heavy atom. The number of furan rings is 4. The van der Waals surface area contributed by atoms with Crippen LogP contribution in [0.5, 0.6) is 0 Å². The summed E-state index contributed by atoms with van der Waals surface area (Å²) in [5.74, 6) is -1.80. The summed E-state index contributed by atoms with van der Waals surface area (Å²) in [7, 11) is 7.91. The van der Waals surface area contributed by atoms with Crippen LogP contribution in [0.1, 0.15) is 33.4 Å². The van der Waals surface area contributed by atoms with E-state index in [1.54, 1.807) is 12.1 Å². The molecule has 0 aliphatic carbocycles. The van der Waals surface area contributed by atoms with Crippen LogP contribution in [-0.2, 0) is 28.2 Å². The van der Waals surface area contributed by atoms with Crippen LogP contribution >= 0.6 is 0 Å². The number of hydrogen-bond acceptors (Lipinski definition) is 6. The highest BCUT2D eigenvalue weighted by molar-refractivity contribution is 6.13. The van der Waals surface area contributed by atoms with Crippen LogP contribution in [0.3, 0.4) is 0 Å². The number of halogens is 4. The standard InChI is InChI=1S/4C20H14FN2O/c1-12-10-15-14-11-13(21)7-8-17(14)24-20(15)19(22-2)18(12)16-6-4-5-9-23(16)3;1-12-8-19-14(9-13(12)18-6-4-5-7-23(18)3)15-10-16(21)17(22-2)11-20(15)24-19;1-12-9-14-19(10-13(12)17-5-3-4-8-23(17)2)24-18-7-6-16(21)15(11-22)20(14)18;1-12-7-19-16(10-15(12)18-5-3-4-6-23(18)2)17-9-14(21)8-13(11-22)20(17)24-19/h2*4-11H,1,3H3;2*3-10H,1-2H3/q4*+1. The molecule has 0 bridgehead atoms. The molecule has 8 heterocycles. The van der Waals surface area contributed by atoms with Crippen LogP contribution in [0.4, 0.5) is 28.9 Å². The number of fused-ring (bicyclic) bond motifs is 12. The molecule has 0 aliphatic rings. The largest absolute Gasteiger partial charge is 0.467 e. The fourth-order valence-corrected chi connectivity index (χ4v) is 12.6. The Bertz CT molecular complexity index is 6090. The highest BCUT2D eigenvalue weighted by Gasteiger charge is 2.25. The van der Waals surface area contributed by atoms with Crippen LogP contribution in [0, 0.1) is 86.8 Å². The number of hydrogen-bond donors (Lipinski definition) is 0. The molecule has 0 amide bonds. The molecule has 0 unspecified atom stereocenters. The fraction of sp³-hybridized carbons (Fsp3) is 0.100. The van der Waals surface area contributed by atoms with Gasteiger partial charge in [-0.2, -0.15) is 10.5 Å². The second-order valence-corrected chi connectivity index (χ2v) is 23.5. The monoisotopic (exact) mass is 1270 g/mol. The zero-order chi connectivity index (χ0) is 67.4. The number of aromatic nitrogens is 4. The Balaban J connectivity index is 0.000000116. The second kappa shape index (κ2) is 25.0. The van der Waals surface area contributed by atoms with Gasteiger partial charge in [0.1, 0.15) is 103 Å². The first-order chi connectivity index (χ1) is 46.4. The molecule has 16 rings (SSSR count). The summed E-state index contributed by atoms with van der Waals surface area (Å²) in [6, 6.07) is 54.4. The summed E-state index contributed by atoms with van der Waals surface area (Å²) in [4.78, 5) is 6.94. The van der Waals surface area contributed by atoms with E-state index in [-0.39, 0.29) is 22.6 Å². The van der Waals surface area contributed by atoms with E-state index in [0.717, 1.165) is 88.8 Å². The van der Waals surface area contributed by atoms with Gasteiger partial charge in [-0.3, -0.25) is 0 Å². The van der Waals surface area contributed by atoms with E-state index in [0.29, 0.717) is 71.9 Å². The molecule has 0 saturated heterocycles. The van der Waals surface area contributed by atoms with Crippen LogP contribution in [0.15, 0.2) is 212 Å². The third-order valence-electron chi connectivity index (χ3n) is 17.4. The predicted molar refractivity (Wildman–Crippen MR) is 362 cm³/mol. The molecule has 12 nitrogen and oxygen atoms in total. The molecule has 0 atom stereocenters. The molecule has 464 valence electrons. The molecule has 0 radical (unpaired) electrons. The lowest BCUT2D eigenvalue weighted by atomic mass is 9.99. The minimum absolute atomic E-state index is 0.0204. The van der Waals surface area contributed by atoms with E-state index >= 15 is 0 Å². The van der Waals surface area contributed by atoms with Crippen molar-refractivity contribution in [2.75, 3.05) is 0 Å². The maximum atomic E-state index is 14.0. The van der Waals surface area contributed by atoms with E-state index in [9.17, 15) is 28.1 Å². The highest BCUT2D eigenvalue weighted by Crippen LogP contribution is 2.44. The molecule has 8 aromatic carbocycles. The summed E-state index contributed by atoms with van der Waals surface area (Å²) in [6.07, 6.45) is 7.91. The van der Waals surface area contributed by atoms with E-state index in [2.05, 4.69) is 9.69 Å². The van der Waals surface area contributed by atoms with Crippen LogP contribution < -0.4 is 18.3 Å². The molecular formula is C80H56F4N8O4+4. The lowest BCUT2D eigenvalue weighted by molar-refractivity contribution is -0.660. The molecule has 0 aliphatic heterocycles. The first kappa shape index (κ1) is 62.1. The third-order valence-corrected chi connectivity index (χ3v) is 17.4. The van der Waals surface area contributed by atoms with Gasteiger partial charge in [0.15, 0.2) is 30.4 Å². The van der Waals surface area contributed by atoms with Gasteiger partial charge in [0.2, 0.25) is 34.2 Å². The van der Waals surface area contributed by atoms with Crippen molar-refractivity contribution < 1.29 is 53.5 Å². The number of aryl methyl sites for hydroxylation is 8. The zero-order valence-electron chi connectivity index (χ0n) is 53.2. The molecular weight excluding hydrogens is 1210 g/mol. The van der Waals surface area contributed by atoms with Crippen LogP contribution in [0.25, 0.3) is 142 Å². The van der Waals surface area contributed by atoms with Crippen molar-refractivity contribution in [2.24, 2.45) is 28.2 Å². The number of benzene rings is 8. The van der Waals surface area contributed by atoms with Crippen LogP contribution in [0.2, 0.25) is 0 Å². The Labute approximate surface area is 547 Å². The number of nitriles is 2. The van der Waals surface area contributed by atoms with Gasteiger partial charge < -0.3 is 17.7 Å². The molecule has 16 aromatic rings. The van der Waals surface area contributed by atoms with Gasteiger partial charge in [-0.1, -0.05) is 0 Å². The smallest absolute Gasteiger partial charge is 0.243 e. The van der Waals surface area contributed by atoms with Gasteiger partial charge in [-0.25, -0.2) is 45.5 Å². The average molecular weight is 1270 g/mol. The predicted octanol–water partition coefficient (Wildman–Crippen LogP) is 18.9. The van der Waals surface area contributed by atoms with E-state index in [1.165, 1.54) is 42.5 Å². The summed E-state index contributed by atoms with van der Waals surface area (Å²) < 4.78 is 87.0. The van der Waals surface area contributed by atoms with E-state index < -0.39 is 17.5 Å². The van der Waals surface area contributed by atoms with Crippen molar-refractivity contribution in [1.29, 1.82) is 10.5 Å². The molecule has 0 fully saturated rings. The molecule has 0 N–H and O–H groups in total. The first-order valence-electron chi connectivity index (χ1n) is 30.4. The van der Waals surface area contributed by atoms with Gasteiger partial charge in [-0.05, 0) is 171 Å². The lowest BCUT2D eigenvalue weighted by Crippen LogP contribution is -2.30. The summed E-state index contributed by atoms with van der Waals surface area (Å²) >= 11 is 0. The number of pyridine rings is 4. The highest BCUT2D eigenvalue weighted by atomic mass is 19.1. The Hall–Kier alpha value is -12.8. The zero-order valence-corrected chi connectivity index (χ0v) is 53.2. The van der Waals surface area contributed by atoms with Crippen molar-refractivity contribution in [1.82, 2.24) is 0 Å². The Morgan fingerprint density at radius 3 is 1.43 bits per heavy atom. The second-order valence-electron chi connectivity index (χ2n) is 23.5. The molecule has 96 heavy (non-hydrogen) atoms. The number of rotatable bonds is 4. The SMILES string of the molecule is Cc1cc2c(cc1-c1cccc[n+]1C)oc1ccc(F)c(C#N)c12.Cc1cc2oc3c(C#N)cc(F)cc3c2cc1-c1cccc[n+]1C.[C-]#[N+]c1c(-c2cccc[n+]2C)c(C)cc2c1oc1ccc(F)cc12.[C-]#[N+]c1cc2oc3cc(C)c(-c4cccc[n+]4C)cc3c2cc1F. The van der Waals surface area contributed by atoms with Gasteiger partial charge in [0.05, 0.1) is 35.4 Å². The minimum atomic E-state index is -0.524. The average Bonchev–Trinajstić information content (AvgIpc) is 1.63. The minimum Gasteiger partial charge on any atom is -0.467 e. The van der Waals surface area contributed by atoms with Gasteiger partial charge in [-0.15, -0.1) is 0 Å². The summed E-state index contributed by atoms with van der Waals surface area (Å²) in [5.41, 5.74) is 17.6. The van der Waals surface area contributed by atoms with Gasteiger partial charge in [0, 0.05) is 103 Å². The maximum absolute atomic E-state index is 14.0. The van der Waals surface area contributed by atoms with Crippen molar-refractivity contribution >= 4 is 99.1 Å². The maximum Gasteiger partial charge on any atom is 0.243 e. The van der Waals surface area contributed by atoms with Crippen molar-refractivity contribution in [3.05, 3.63) is 274 Å². The number of nitrogens with zero attached hydrogens (tertiary/aromatic N) is 8. The molecule has 0 saturated carbocycles. The van der Waals surface area contributed by atoms with E-state index in [1.807, 2.05) is 226 Å². The topological polar surface area (TPSA) is 124 Å². The Kier molecular flexibility index (Phi) is 16.2. The van der Waals surface area contributed by atoms with Gasteiger partial charge in [0.25, 0.3) is 0 Å². The lowest BCUT2D eigenvalue weighted by Gasteiger charge is -2.07. The van der Waals surface area contributed by atoms with Crippen LogP contribution in [-0.4, -0.2) is 0 Å². The molecule has 0 spiro atoms. The third kappa shape index (κ3) is 11.1. The molecule has 16 heteroatoms.